The van der Waals surface area contributed by atoms with E-state index >= 15 is 0 Å². The highest BCUT2D eigenvalue weighted by Gasteiger charge is 2.19. The van der Waals surface area contributed by atoms with E-state index < -0.39 is 23.4 Å². The molecule has 35 heavy (non-hydrogen) atoms. The van der Waals surface area contributed by atoms with Crippen LogP contribution in [0.2, 0.25) is 0 Å². The van der Waals surface area contributed by atoms with Crippen LogP contribution in [0.15, 0.2) is 54.6 Å². The quantitative estimate of drug-likeness (QED) is 0.440. The molecule has 1 fully saturated rings. The number of nitrogens with zero attached hydrogens (tertiary/aromatic N) is 3. The molecule has 0 radical (unpaired) electrons. The van der Waals surface area contributed by atoms with E-state index in [0.29, 0.717) is 22.9 Å². The molecule has 9 heteroatoms. The molecule has 1 saturated heterocycles. The van der Waals surface area contributed by atoms with Crippen molar-refractivity contribution in [3.8, 4) is 0 Å². The van der Waals surface area contributed by atoms with Gasteiger partial charge in [0.25, 0.3) is 5.91 Å². The summed E-state index contributed by atoms with van der Waals surface area (Å²) >= 11 is 0. The molecule has 0 spiro atoms. The smallest absolute Gasteiger partial charge is 0.259 e. The van der Waals surface area contributed by atoms with E-state index in [4.69, 9.17) is 0 Å². The molecule has 1 amide bonds. The number of amides is 1. The van der Waals surface area contributed by atoms with Gasteiger partial charge in [-0.1, -0.05) is 6.07 Å². The second kappa shape index (κ2) is 9.42. The maximum Gasteiger partial charge on any atom is 0.259 e. The number of aromatic amines is 1. The monoisotopic (exact) mass is 479 g/mol. The highest BCUT2D eigenvalue weighted by Crippen LogP contribution is 2.25. The Hall–Kier alpha value is -3.85. The number of likely N-dealkylation sites (N-methyl/N-ethyl adjacent to an activating group) is 1. The van der Waals surface area contributed by atoms with Crippen molar-refractivity contribution < 1.29 is 18.0 Å². The van der Waals surface area contributed by atoms with E-state index in [2.05, 4.69) is 25.3 Å². The number of H-pyrrole nitrogens is 1. The lowest BCUT2D eigenvalue weighted by Crippen LogP contribution is -2.44. The van der Waals surface area contributed by atoms with Gasteiger partial charge in [0.15, 0.2) is 5.82 Å². The summed E-state index contributed by atoms with van der Waals surface area (Å²) in [6, 6.07) is 13.4. The number of benzene rings is 3. The Morgan fingerprint density at radius 1 is 0.943 bits per heavy atom. The molecule has 5 rings (SSSR count). The summed E-state index contributed by atoms with van der Waals surface area (Å²) in [5, 5.41) is 10.3. The lowest BCUT2D eigenvalue weighted by molar-refractivity contribution is 0.102. The lowest BCUT2D eigenvalue weighted by Gasteiger charge is -2.34. The molecule has 0 atom stereocenters. The van der Waals surface area contributed by atoms with Crippen molar-refractivity contribution in [3.05, 3.63) is 88.7 Å². The number of piperazine rings is 1. The third-order valence-electron chi connectivity index (χ3n) is 6.26. The Morgan fingerprint density at radius 2 is 1.69 bits per heavy atom. The zero-order valence-corrected chi connectivity index (χ0v) is 19.1. The van der Waals surface area contributed by atoms with Gasteiger partial charge in [-0.3, -0.25) is 9.89 Å². The van der Waals surface area contributed by atoms with E-state index in [1.807, 2.05) is 13.1 Å². The molecule has 0 saturated carbocycles. The SMILES string of the molecule is CN1CCN(c2ccc(C(=O)Nc3n[nH]c4ccc(Cc5cc(F)cc(F)c5)cc34)c(F)c2)CC1. The standard InChI is InChI=1S/C26H24F3N5O/c1-33-6-8-34(9-7-33)20-3-4-21(23(29)15-20)26(35)30-25-22-13-16(2-5-24(22)31-32-25)10-17-11-18(27)14-19(28)12-17/h2-5,11-15H,6-10H2,1H3,(H2,30,31,32,35). The number of anilines is 2. The summed E-state index contributed by atoms with van der Waals surface area (Å²) < 4.78 is 41.9. The van der Waals surface area contributed by atoms with Crippen LogP contribution in [0.3, 0.4) is 0 Å². The molecule has 4 aromatic rings. The van der Waals surface area contributed by atoms with Gasteiger partial charge in [-0.2, -0.15) is 5.10 Å². The largest absolute Gasteiger partial charge is 0.369 e. The van der Waals surface area contributed by atoms with Gasteiger partial charge in [0, 0.05) is 43.3 Å². The van der Waals surface area contributed by atoms with Crippen molar-refractivity contribution in [2.45, 2.75) is 6.42 Å². The molecule has 180 valence electrons. The molecular formula is C26H24F3N5O. The Kier molecular flexibility index (Phi) is 6.17. The third-order valence-corrected chi connectivity index (χ3v) is 6.26. The minimum absolute atomic E-state index is 0.0783. The van der Waals surface area contributed by atoms with Gasteiger partial charge in [0.05, 0.1) is 11.1 Å². The molecular weight excluding hydrogens is 455 g/mol. The van der Waals surface area contributed by atoms with Gasteiger partial charge in [0.1, 0.15) is 17.5 Å². The van der Waals surface area contributed by atoms with Crippen LogP contribution in [0.1, 0.15) is 21.5 Å². The van der Waals surface area contributed by atoms with E-state index in [-0.39, 0.29) is 11.4 Å². The van der Waals surface area contributed by atoms with E-state index in [0.717, 1.165) is 43.5 Å². The Morgan fingerprint density at radius 3 is 2.40 bits per heavy atom. The number of aromatic nitrogens is 2. The van der Waals surface area contributed by atoms with E-state index in [1.54, 1.807) is 18.2 Å². The summed E-state index contributed by atoms with van der Waals surface area (Å²) in [6.45, 7) is 3.38. The van der Waals surface area contributed by atoms with Crippen LogP contribution in [0.25, 0.3) is 10.9 Å². The summed E-state index contributed by atoms with van der Waals surface area (Å²) in [7, 11) is 2.05. The third kappa shape index (κ3) is 5.00. The zero-order valence-electron chi connectivity index (χ0n) is 19.1. The van der Waals surface area contributed by atoms with Crippen LogP contribution in [-0.4, -0.2) is 54.2 Å². The molecule has 6 nitrogen and oxygen atoms in total. The van der Waals surface area contributed by atoms with Crippen LogP contribution >= 0.6 is 0 Å². The number of hydrogen-bond donors (Lipinski definition) is 2. The Bertz CT molecular complexity index is 1380. The van der Waals surface area contributed by atoms with Crippen molar-refractivity contribution in [2.24, 2.45) is 0 Å². The number of carbonyl (C=O) groups is 1. The second-order valence-corrected chi connectivity index (χ2v) is 8.82. The normalized spacial score (nSPS) is 14.5. The molecule has 2 heterocycles. The van der Waals surface area contributed by atoms with Crippen LogP contribution in [0, 0.1) is 17.5 Å². The lowest BCUT2D eigenvalue weighted by atomic mass is 10.0. The van der Waals surface area contributed by atoms with E-state index in [1.165, 1.54) is 24.3 Å². The Balaban J connectivity index is 1.34. The number of fused-ring (bicyclic) bond motifs is 1. The van der Waals surface area contributed by atoms with Gasteiger partial charge < -0.3 is 15.1 Å². The van der Waals surface area contributed by atoms with E-state index in [9.17, 15) is 18.0 Å². The van der Waals surface area contributed by atoms with Crippen molar-refractivity contribution >= 4 is 28.3 Å². The van der Waals surface area contributed by atoms with Gasteiger partial charge in [-0.25, -0.2) is 13.2 Å². The summed E-state index contributed by atoms with van der Waals surface area (Å²) in [5.41, 5.74) is 2.60. The average Bonchev–Trinajstić information content (AvgIpc) is 3.20. The maximum atomic E-state index is 14.9. The first-order valence-corrected chi connectivity index (χ1v) is 11.3. The van der Waals surface area contributed by atoms with Crippen LogP contribution in [0.5, 0.6) is 0 Å². The first-order valence-electron chi connectivity index (χ1n) is 11.3. The number of hydrogen-bond acceptors (Lipinski definition) is 4. The molecule has 0 bridgehead atoms. The molecule has 1 aliphatic heterocycles. The molecule has 2 N–H and O–H groups in total. The van der Waals surface area contributed by atoms with Crippen LogP contribution in [-0.2, 0) is 6.42 Å². The van der Waals surface area contributed by atoms with Gasteiger partial charge in [-0.15, -0.1) is 0 Å². The molecule has 0 unspecified atom stereocenters. The first kappa shape index (κ1) is 22.9. The summed E-state index contributed by atoms with van der Waals surface area (Å²) in [4.78, 5) is 17.2. The minimum atomic E-state index is -0.641. The summed E-state index contributed by atoms with van der Waals surface area (Å²) in [6.07, 6.45) is 0.297. The highest BCUT2D eigenvalue weighted by atomic mass is 19.1. The maximum absolute atomic E-state index is 14.9. The molecule has 0 aliphatic carbocycles. The average molecular weight is 480 g/mol. The molecule has 1 aliphatic rings. The van der Waals surface area contributed by atoms with Crippen molar-refractivity contribution in [3.63, 3.8) is 0 Å². The summed E-state index contributed by atoms with van der Waals surface area (Å²) in [5.74, 6) is -2.25. The number of carbonyl (C=O) groups excluding carboxylic acids is 1. The second-order valence-electron chi connectivity index (χ2n) is 8.82. The zero-order chi connectivity index (χ0) is 24.5. The van der Waals surface area contributed by atoms with Crippen molar-refractivity contribution in [1.82, 2.24) is 15.1 Å². The highest BCUT2D eigenvalue weighted by molar-refractivity contribution is 6.08. The molecule has 1 aromatic heterocycles. The fraction of sp³-hybridized carbons (Fsp3) is 0.231. The number of nitrogens with one attached hydrogen (secondary N) is 2. The van der Waals surface area contributed by atoms with Gasteiger partial charge in [0.2, 0.25) is 0 Å². The van der Waals surface area contributed by atoms with Crippen molar-refractivity contribution in [1.29, 1.82) is 0 Å². The van der Waals surface area contributed by atoms with Crippen LogP contribution in [0.4, 0.5) is 24.7 Å². The predicted molar refractivity (Wildman–Crippen MR) is 129 cm³/mol. The predicted octanol–water partition coefficient (Wildman–Crippen LogP) is 4.58. The van der Waals surface area contributed by atoms with Crippen molar-refractivity contribution in [2.75, 3.05) is 43.4 Å². The van der Waals surface area contributed by atoms with Gasteiger partial charge in [-0.05, 0) is 67.1 Å². The number of halogens is 3. The van der Waals surface area contributed by atoms with Crippen LogP contribution < -0.4 is 10.2 Å². The fourth-order valence-corrected chi connectivity index (χ4v) is 4.34. The van der Waals surface area contributed by atoms with Gasteiger partial charge >= 0.3 is 0 Å². The molecule has 3 aromatic carbocycles. The first-order chi connectivity index (χ1) is 16.9. The minimum Gasteiger partial charge on any atom is -0.369 e. The fourth-order valence-electron chi connectivity index (χ4n) is 4.34. The Labute approximate surface area is 200 Å². The number of rotatable bonds is 5. The topological polar surface area (TPSA) is 64.3 Å².